The van der Waals surface area contributed by atoms with Crippen molar-refractivity contribution in [3.63, 3.8) is 0 Å². The van der Waals surface area contributed by atoms with Crippen LogP contribution in [0.25, 0.3) is 0 Å². The topological polar surface area (TPSA) is 65.1 Å². The van der Waals surface area contributed by atoms with E-state index in [9.17, 15) is 9.90 Å². The van der Waals surface area contributed by atoms with Crippen molar-refractivity contribution in [3.8, 4) is 0 Å². The van der Waals surface area contributed by atoms with E-state index in [2.05, 4.69) is 26.2 Å². The van der Waals surface area contributed by atoms with Gasteiger partial charge in [0.05, 0.1) is 12.1 Å². The third-order valence-electron chi connectivity index (χ3n) is 3.38. The van der Waals surface area contributed by atoms with Crippen molar-refractivity contribution in [1.29, 1.82) is 0 Å². The molecule has 0 aliphatic heterocycles. The van der Waals surface area contributed by atoms with Gasteiger partial charge in [0, 0.05) is 17.1 Å². The monoisotopic (exact) mass is 320 g/mol. The molecule has 0 unspecified atom stereocenters. The molecule has 0 fully saturated rings. The zero-order chi connectivity index (χ0) is 13.4. The van der Waals surface area contributed by atoms with Crippen LogP contribution < -0.4 is 5.32 Å². The number of hydrogen-bond acceptors (Lipinski definition) is 2. The van der Waals surface area contributed by atoms with Crippen LogP contribution in [0.2, 0.25) is 0 Å². The fraction of sp³-hybridized carbons (Fsp3) is 0.214. The zero-order valence-electron chi connectivity index (χ0n) is 10.1. The van der Waals surface area contributed by atoms with Crippen LogP contribution in [-0.4, -0.2) is 22.1 Å². The Morgan fingerprint density at radius 1 is 1.42 bits per heavy atom. The first-order valence-electron chi connectivity index (χ1n) is 6.06. The minimum Gasteiger partial charge on any atom is -0.390 e. The van der Waals surface area contributed by atoms with E-state index in [4.69, 9.17) is 0 Å². The smallest absolute Gasteiger partial charge is 0.268 e. The summed E-state index contributed by atoms with van der Waals surface area (Å²) in [6.07, 6.45) is 1.71. The van der Waals surface area contributed by atoms with Gasteiger partial charge in [-0.15, -0.1) is 0 Å². The average Bonchev–Trinajstić information content (AvgIpc) is 2.95. The van der Waals surface area contributed by atoms with Gasteiger partial charge in [-0.1, -0.05) is 24.3 Å². The summed E-state index contributed by atoms with van der Waals surface area (Å²) in [5, 5.41) is 13.0. The Balaban J connectivity index is 1.82. The largest absolute Gasteiger partial charge is 0.390 e. The molecular weight excluding hydrogens is 308 g/mol. The Bertz CT molecular complexity index is 623. The maximum absolute atomic E-state index is 12.1. The molecule has 3 N–H and O–H groups in total. The Morgan fingerprint density at radius 3 is 2.95 bits per heavy atom. The average molecular weight is 321 g/mol. The fourth-order valence-corrected chi connectivity index (χ4v) is 2.81. The van der Waals surface area contributed by atoms with E-state index in [1.165, 1.54) is 0 Å². The normalized spacial score (nSPS) is 21.2. The number of benzene rings is 1. The van der Waals surface area contributed by atoms with Gasteiger partial charge < -0.3 is 15.4 Å². The molecule has 0 radical (unpaired) electrons. The number of H-pyrrole nitrogens is 1. The lowest BCUT2D eigenvalue weighted by atomic mass is 10.1. The second kappa shape index (κ2) is 4.83. The lowest BCUT2D eigenvalue weighted by Crippen LogP contribution is -2.34. The van der Waals surface area contributed by atoms with Crippen molar-refractivity contribution in [2.24, 2.45) is 0 Å². The highest BCUT2D eigenvalue weighted by Crippen LogP contribution is 2.31. The molecule has 1 aliphatic rings. The molecule has 1 amide bonds. The number of halogens is 1. The second-order valence-corrected chi connectivity index (χ2v) is 5.57. The molecule has 2 atom stereocenters. The summed E-state index contributed by atoms with van der Waals surface area (Å²) in [4.78, 5) is 15.0. The number of aromatic nitrogens is 1. The first-order valence-corrected chi connectivity index (χ1v) is 6.85. The van der Waals surface area contributed by atoms with Crippen molar-refractivity contribution in [2.75, 3.05) is 0 Å². The van der Waals surface area contributed by atoms with Crippen molar-refractivity contribution < 1.29 is 9.90 Å². The van der Waals surface area contributed by atoms with Crippen LogP contribution in [0.4, 0.5) is 0 Å². The molecule has 0 saturated carbocycles. The van der Waals surface area contributed by atoms with Crippen LogP contribution >= 0.6 is 15.9 Å². The predicted octanol–water partition coefficient (Wildman–Crippen LogP) is 2.17. The number of amides is 1. The number of nitrogens with one attached hydrogen (secondary N) is 2. The molecule has 98 valence electrons. The quantitative estimate of drug-likeness (QED) is 0.794. The van der Waals surface area contributed by atoms with Crippen LogP contribution in [0.3, 0.4) is 0 Å². The highest BCUT2D eigenvalue weighted by atomic mass is 79.9. The predicted molar refractivity (Wildman–Crippen MR) is 74.9 cm³/mol. The number of carbonyl (C=O) groups is 1. The molecule has 1 heterocycles. The Hall–Kier alpha value is -1.59. The molecule has 1 aromatic carbocycles. The summed E-state index contributed by atoms with van der Waals surface area (Å²) < 4.78 is 0.824. The minimum absolute atomic E-state index is 0.216. The molecule has 5 heteroatoms. The summed E-state index contributed by atoms with van der Waals surface area (Å²) in [6, 6.07) is 9.16. The van der Waals surface area contributed by atoms with Crippen LogP contribution in [0.1, 0.15) is 27.7 Å². The van der Waals surface area contributed by atoms with Gasteiger partial charge in [-0.3, -0.25) is 4.79 Å². The first kappa shape index (κ1) is 12.4. The summed E-state index contributed by atoms with van der Waals surface area (Å²) in [5.41, 5.74) is 2.56. The molecule has 0 saturated heterocycles. The van der Waals surface area contributed by atoms with E-state index in [1.807, 2.05) is 24.3 Å². The second-order valence-electron chi connectivity index (χ2n) is 4.65. The molecule has 1 aromatic heterocycles. The molecule has 0 bridgehead atoms. The summed E-state index contributed by atoms with van der Waals surface area (Å²) in [7, 11) is 0. The molecule has 4 nitrogen and oxygen atoms in total. The van der Waals surface area contributed by atoms with Gasteiger partial charge in [0.2, 0.25) is 0 Å². The van der Waals surface area contributed by atoms with Gasteiger partial charge in [0.25, 0.3) is 5.91 Å². The van der Waals surface area contributed by atoms with Crippen LogP contribution in [0, 0.1) is 0 Å². The van der Waals surface area contributed by atoms with E-state index in [0.717, 1.165) is 15.6 Å². The van der Waals surface area contributed by atoms with Crippen LogP contribution in [0.15, 0.2) is 41.0 Å². The minimum atomic E-state index is -0.570. The van der Waals surface area contributed by atoms with E-state index in [0.29, 0.717) is 12.1 Å². The van der Waals surface area contributed by atoms with Gasteiger partial charge in [-0.2, -0.15) is 0 Å². The molecule has 2 aromatic rings. The molecule has 1 aliphatic carbocycles. The van der Waals surface area contributed by atoms with E-state index >= 15 is 0 Å². The lowest BCUT2D eigenvalue weighted by molar-refractivity contribution is 0.0854. The van der Waals surface area contributed by atoms with Crippen molar-refractivity contribution in [1.82, 2.24) is 10.3 Å². The molecule has 19 heavy (non-hydrogen) atoms. The number of hydrogen-bond donors (Lipinski definition) is 3. The highest BCUT2D eigenvalue weighted by Gasteiger charge is 2.32. The Labute approximate surface area is 119 Å². The summed E-state index contributed by atoms with van der Waals surface area (Å²) >= 11 is 3.29. The van der Waals surface area contributed by atoms with Gasteiger partial charge >= 0.3 is 0 Å². The Morgan fingerprint density at radius 2 is 2.21 bits per heavy atom. The molecule has 3 rings (SSSR count). The maximum atomic E-state index is 12.1. The number of aromatic amines is 1. The summed E-state index contributed by atoms with van der Waals surface area (Å²) in [6.45, 7) is 0. The van der Waals surface area contributed by atoms with Crippen LogP contribution in [0.5, 0.6) is 0 Å². The highest BCUT2D eigenvalue weighted by molar-refractivity contribution is 9.10. The van der Waals surface area contributed by atoms with E-state index < -0.39 is 6.10 Å². The number of carbonyl (C=O) groups excluding carboxylic acids is 1. The summed E-state index contributed by atoms with van der Waals surface area (Å²) in [5.74, 6) is -0.216. The van der Waals surface area contributed by atoms with E-state index in [1.54, 1.807) is 12.3 Å². The van der Waals surface area contributed by atoms with Crippen LogP contribution in [-0.2, 0) is 6.42 Å². The Kier molecular flexibility index (Phi) is 3.16. The van der Waals surface area contributed by atoms with Crippen molar-refractivity contribution in [2.45, 2.75) is 18.6 Å². The fourth-order valence-electron chi connectivity index (χ4n) is 2.47. The van der Waals surface area contributed by atoms with Gasteiger partial charge in [-0.05, 0) is 33.1 Å². The zero-order valence-corrected chi connectivity index (χ0v) is 11.6. The van der Waals surface area contributed by atoms with E-state index in [-0.39, 0.29) is 11.9 Å². The maximum Gasteiger partial charge on any atom is 0.268 e. The molecule has 0 spiro atoms. The van der Waals surface area contributed by atoms with Gasteiger partial charge in [0.1, 0.15) is 5.69 Å². The molecular formula is C14H13BrN2O2. The third kappa shape index (κ3) is 2.31. The van der Waals surface area contributed by atoms with Gasteiger partial charge in [0.15, 0.2) is 0 Å². The van der Waals surface area contributed by atoms with Crippen molar-refractivity contribution >= 4 is 21.8 Å². The number of aliphatic hydroxyl groups excluding tert-OH is 1. The lowest BCUT2D eigenvalue weighted by Gasteiger charge is -2.17. The van der Waals surface area contributed by atoms with Crippen molar-refractivity contribution in [3.05, 3.63) is 57.8 Å². The van der Waals surface area contributed by atoms with Gasteiger partial charge in [-0.25, -0.2) is 0 Å². The third-order valence-corrected chi connectivity index (χ3v) is 3.84. The first-order chi connectivity index (χ1) is 9.15. The number of fused-ring (bicyclic) bond motifs is 1. The SMILES string of the molecule is O=C(N[C@@H]1c2ccccc2C[C@@H]1O)c1cc(Br)c[nH]1. The number of aliphatic hydroxyl groups is 1. The number of rotatable bonds is 2. The standard InChI is InChI=1S/C14H13BrN2O2/c15-9-6-11(16-7-9)14(19)17-13-10-4-2-1-3-8(10)5-12(13)18/h1-4,6-7,12-13,16,18H,5H2,(H,17,19)/t12-,13+/m0/s1.